The molecule has 3 nitrogen and oxygen atoms in total. The van der Waals surface area contributed by atoms with Gasteiger partial charge in [0.05, 0.1) is 6.04 Å². The number of carbonyl (C=O) groups is 1. The van der Waals surface area contributed by atoms with Crippen LogP contribution in [0.3, 0.4) is 0 Å². The van der Waals surface area contributed by atoms with Crippen LogP contribution in [-0.2, 0) is 4.79 Å². The molecule has 0 unspecified atom stereocenters. The van der Waals surface area contributed by atoms with E-state index < -0.39 is 0 Å². The van der Waals surface area contributed by atoms with Crippen molar-refractivity contribution in [2.45, 2.75) is 45.1 Å². The largest absolute Gasteiger partial charge is 0.349 e. The van der Waals surface area contributed by atoms with Crippen molar-refractivity contribution in [2.75, 3.05) is 6.54 Å². The zero-order valence-electron chi connectivity index (χ0n) is 11.5. The van der Waals surface area contributed by atoms with Gasteiger partial charge in [0.15, 0.2) is 0 Å². The third-order valence-corrected chi connectivity index (χ3v) is 3.11. The summed E-state index contributed by atoms with van der Waals surface area (Å²) in [7, 11) is 0. The van der Waals surface area contributed by atoms with E-state index in [-0.39, 0.29) is 17.8 Å². The van der Waals surface area contributed by atoms with E-state index in [1.54, 1.807) is 25.1 Å². The highest BCUT2D eigenvalue weighted by Gasteiger charge is 2.12. The molecule has 0 bridgehead atoms. The average molecular weight is 266 g/mol. The first kappa shape index (κ1) is 15.6. The molecule has 0 heterocycles. The van der Waals surface area contributed by atoms with Gasteiger partial charge in [0.2, 0.25) is 5.91 Å². The Labute approximate surface area is 114 Å². The van der Waals surface area contributed by atoms with E-state index in [4.69, 9.17) is 5.73 Å². The predicted molar refractivity (Wildman–Crippen MR) is 75.1 cm³/mol. The molecule has 0 aliphatic rings. The molecule has 0 fully saturated rings. The number of unbranched alkanes of at least 4 members (excludes halogenated alkanes) is 3. The molecule has 4 heteroatoms. The van der Waals surface area contributed by atoms with Crippen LogP contribution in [0.2, 0.25) is 0 Å². The Balaban J connectivity index is 2.30. The summed E-state index contributed by atoms with van der Waals surface area (Å²) in [6.07, 6.45) is 4.43. The first-order valence-corrected chi connectivity index (χ1v) is 6.89. The Kier molecular flexibility index (Phi) is 7.11. The van der Waals surface area contributed by atoms with Crippen LogP contribution in [0, 0.1) is 5.82 Å². The summed E-state index contributed by atoms with van der Waals surface area (Å²) in [6, 6.07) is 6.23. The molecule has 0 aliphatic carbocycles. The van der Waals surface area contributed by atoms with Crippen LogP contribution >= 0.6 is 0 Å². The number of hydrogen-bond donors (Lipinski definition) is 2. The molecule has 1 amide bonds. The minimum atomic E-state index is -0.294. The lowest BCUT2D eigenvalue weighted by Crippen LogP contribution is -2.26. The van der Waals surface area contributed by atoms with Crippen molar-refractivity contribution in [1.29, 1.82) is 0 Å². The van der Waals surface area contributed by atoms with Crippen LogP contribution in [0.25, 0.3) is 0 Å². The Hall–Kier alpha value is -1.42. The number of nitrogens with two attached hydrogens (primary N) is 1. The van der Waals surface area contributed by atoms with Crippen LogP contribution in [0.15, 0.2) is 24.3 Å². The van der Waals surface area contributed by atoms with E-state index in [1.807, 2.05) is 0 Å². The number of benzene rings is 1. The van der Waals surface area contributed by atoms with E-state index in [2.05, 4.69) is 5.32 Å². The van der Waals surface area contributed by atoms with Crippen molar-refractivity contribution in [3.8, 4) is 0 Å². The van der Waals surface area contributed by atoms with Gasteiger partial charge in [-0.15, -0.1) is 0 Å². The molecule has 0 saturated carbocycles. The average Bonchev–Trinajstić information content (AvgIpc) is 2.39. The lowest BCUT2D eigenvalue weighted by Gasteiger charge is -2.15. The monoisotopic (exact) mass is 266 g/mol. The highest BCUT2D eigenvalue weighted by molar-refractivity contribution is 5.76. The maximum Gasteiger partial charge on any atom is 0.220 e. The van der Waals surface area contributed by atoms with Gasteiger partial charge in [0, 0.05) is 12.0 Å². The van der Waals surface area contributed by atoms with Crippen LogP contribution in [0.1, 0.15) is 50.6 Å². The van der Waals surface area contributed by atoms with Gasteiger partial charge in [-0.1, -0.05) is 31.0 Å². The Bertz CT molecular complexity index is 395. The van der Waals surface area contributed by atoms with E-state index in [0.717, 1.165) is 25.7 Å². The summed E-state index contributed by atoms with van der Waals surface area (Å²) in [6.45, 7) is 2.50. The molecular formula is C15H23FN2O. The fourth-order valence-corrected chi connectivity index (χ4v) is 2.00. The van der Waals surface area contributed by atoms with Crippen LogP contribution in [-0.4, -0.2) is 12.5 Å². The molecular weight excluding hydrogens is 243 g/mol. The van der Waals surface area contributed by atoms with E-state index in [1.165, 1.54) is 6.07 Å². The quantitative estimate of drug-likeness (QED) is 0.711. The lowest BCUT2D eigenvalue weighted by molar-refractivity contribution is -0.121. The molecule has 1 aromatic carbocycles. The molecule has 0 radical (unpaired) electrons. The fraction of sp³-hybridized carbons (Fsp3) is 0.533. The van der Waals surface area contributed by atoms with Crippen molar-refractivity contribution < 1.29 is 9.18 Å². The molecule has 1 aromatic rings. The van der Waals surface area contributed by atoms with E-state index in [9.17, 15) is 9.18 Å². The highest BCUT2D eigenvalue weighted by atomic mass is 19.1. The molecule has 3 N–H and O–H groups in total. The van der Waals surface area contributed by atoms with Gasteiger partial charge in [-0.2, -0.15) is 0 Å². The van der Waals surface area contributed by atoms with E-state index >= 15 is 0 Å². The van der Waals surface area contributed by atoms with E-state index in [0.29, 0.717) is 18.5 Å². The number of rotatable bonds is 8. The molecule has 1 rings (SSSR count). The molecule has 19 heavy (non-hydrogen) atoms. The first-order valence-electron chi connectivity index (χ1n) is 6.89. The smallest absolute Gasteiger partial charge is 0.220 e. The lowest BCUT2D eigenvalue weighted by atomic mass is 10.1. The minimum Gasteiger partial charge on any atom is -0.349 e. The Morgan fingerprint density at radius 3 is 2.63 bits per heavy atom. The van der Waals surface area contributed by atoms with Gasteiger partial charge < -0.3 is 11.1 Å². The first-order chi connectivity index (χ1) is 9.15. The minimum absolute atomic E-state index is 0.0245. The zero-order valence-corrected chi connectivity index (χ0v) is 11.5. The van der Waals surface area contributed by atoms with Crippen LogP contribution < -0.4 is 11.1 Å². The number of halogens is 1. The van der Waals surface area contributed by atoms with Crippen LogP contribution in [0.4, 0.5) is 4.39 Å². The third-order valence-electron chi connectivity index (χ3n) is 3.11. The molecule has 0 aliphatic heterocycles. The van der Waals surface area contributed by atoms with Gasteiger partial charge in [0.25, 0.3) is 0 Å². The second-order valence-corrected chi connectivity index (χ2v) is 4.76. The predicted octanol–water partition coefficient (Wildman–Crippen LogP) is 2.91. The van der Waals surface area contributed by atoms with Gasteiger partial charge >= 0.3 is 0 Å². The SMILES string of the molecule is C[C@@H](NC(=O)CCCCCCN)c1ccccc1F. The van der Waals surface area contributed by atoms with Crippen molar-refractivity contribution in [1.82, 2.24) is 5.32 Å². The van der Waals surface area contributed by atoms with Crippen molar-refractivity contribution in [3.05, 3.63) is 35.6 Å². The summed E-state index contributed by atoms with van der Waals surface area (Å²) in [5, 5.41) is 2.82. The maximum absolute atomic E-state index is 13.5. The molecule has 0 aromatic heterocycles. The zero-order chi connectivity index (χ0) is 14.1. The van der Waals surface area contributed by atoms with Gasteiger partial charge in [-0.05, 0) is 32.4 Å². The third kappa shape index (κ3) is 5.83. The van der Waals surface area contributed by atoms with Crippen molar-refractivity contribution in [2.24, 2.45) is 5.73 Å². The summed E-state index contributed by atoms with van der Waals surface area (Å²) in [5.41, 5.74) is 5.93. The standard InChI is InChI=1S/C15H23FN2O/c1-12(13-8-5-6-9-14(13)16)18-15(19)10-4-2-3-7-11-17/h5-6,8-9,12H,2-4,7,10-11,17H2,1H3,(H,18,19)/t12-/m1/s1. The molecule has 1 atom stereocenters. The topological polar surface area (TPSA) is 55.1 Å². The summed E-state index contributed by atoms with van der Waals surface area (Å²) < 4.78 is 13.5. The summed E-state index contributed by atoms with van der Waals surface area (Å²) >= 11 is 0. The number of hydrogen-bond acceptors (Lipinski definition) is 2. The molecule has 0 spiro atoms. The van der Waals surface area contributed by atoms with Gasteiger partial charge in [0.1, 0.15) is 5.82 Å². The van der Waals surface area contributed by atoms with Crippen LogP contribution in [0.5, 0.6) is 0 Å². The van der Waals surface area contributed by atoms with Crippen molar-refractivity contribution in [3.63, 3.8) is 0 Å². The fourth-order valence-electron chi connectivity index (χ4n) is 2.00. The summed E-state index contributed by atoms with van der Waals surface area (Å²) in [4.78, 5) is 11.7. The number of amides is 1. The summed E-state index contributed by atoms with van der Waals surface area (Å²) in [5.74, 6) is -0.304. The van der Waals surface area contributed by atoms with Gasteiger partial charge in [-0.25, -0.2) is 4.39 Å². The number of nitrogens with one attached hydrogen (secondary N) is 1. The van der Waals surface area contributed by atoms with Crippen molar-refractivity contribution >= 4 is 5.91 Å². The number of carbonyl (C=O) groups excluding carboxylic acids is 1. The second kappa shape index (κ2) is 8.64. The highest BCUT2D eigenvalue weighted by Crippen LogP contribution is 2.16. The molecule has 0 saturated heterocycles. The van der Waals surface area contributed by atoms with Gasteiger partial charge in [-0.3, -0.25) is 4.79 Å². The molecule has 106 valence electrons. The second-order valence-electron chi connectivity index (χ2n) is 4.76. The maximum atomic E-state index is 13.5. The Morgan fingerprint density at radius 2 is 1.95 bits per heavy atom. The Morgan fingerprint density at radius 1 is 1.26 bits per heavy atom. The normalized spacial score (nSPS) is 12.2.